The van der Waals surface area contributed by atoms with Gasteiger partial charge in [-0.25, -0.2) is 13.8 Å². The zero-order valence-corrected chi connectivity index (χ0v) is 15.5. The molecule has 0 bridgehead atoms. The fourth-order valence-electron chi connectivity index (χ4n) is 3.09. The zero-order valence-electron chi connectivity index (χ0n) is 15.5. The van der Waals surface area contributed by atoms with E-state index in [1.54, 1.807) is 24.8 Å². The second kappa shape index (κ2) is 9.73. The van der Waals surface area contributed by atoms with Gasteiger partial charge in [-0.1, -0.05) is 12.1 Å². The summed E-state index contributed by atoms with van der Waals surface area (Å²) in [6.45, 7) is 0.482. The fraction of sp³-hybridized carbons (Fsp3) is 0.286. The Morgan fingerprint density at radius 1 is 1.18 bits per heavy atom. The number of amidine groups is 1. The Morgan fingerprint density at radius 3 is 2.79 bits per heavy atom. The van der Waals surface area contributed by atoms with Crippen molar-refractivity contribution in [3.63, 3.8) is 0 Å². The number of aromatic amines is 1. The minimum atomic E-state index is -0.861. The molecule has 0 aliphatic rings. The van der Waals surface area contributed by atoms with Gasteiger partial charge in [0.1, 0.15) is 0 Å². The molecule has 2 heterocycles. The highest BCUT2D eigenvalue weighted by atomic mass is 19.2. The Bertz CT molecular complexity index is 894. The van der Waals surface area contributed by atoms with Crippen molar-refractivity contribution in [3.8, 4) is 0 Å². The number of rotatable bonds is 9. The second-order valence-electron chi connectivity index (χ2n) is 6.57. The Morgan fingerprint density at radius 2 is 2.07 bits per heavy atom. The number of H-pyrrole nitrogens is 1. The van der Waals surface area contributed by atoms with Crippen LogP contribution in [0.15, 0.2) is 60.1 Å². The highest BCUT2D eigenvalue weighted by molar-refractivity contribution is 5.80. The SMILES string of the molecule is NC(CCCc1cnc[nH]1)=NCC[C@@H](c1ccc(F)c(F)c1)c1ccccn1. The first-order valence-electron chi connectivity index (χ1n) is 9.25. The fourth-order valence-corrected chi connectivity index (χ4v) is 3.09. The van der Waals surface area contributed by atoms with Gasteiger partial charge in [0.2, 0.25) is 0 Å². The number of aliphatic imine (C=N–C) groups is 1. The quantitative estimate of drug-likeness (QED) is 0.433. The molecule has 0 amide bonds. The van der Waals surface area contributed by atoms with Crippen LogP contribution in [0.1, 0.15) is 42.1 Å². The van der Waals surface area contributed by atoms with E-state index in [1.807, 2.05) is 18.2 Å². The monoisotopic (exact) mass is 383 g/mol. The maximum Gasteiger partial charge on any atom is 0.159 e. The lowest BCUT2D eigenvalue weighted by Gasteiger charge is -2.16. The van der Waals surface area contributed by atoms with Crippen LogP contribution in [-0.2, 0) is 6.42 Å². The van der Waals surface area contributed by atoms with Crippen LogP contribution in [0.25, 0.3) is 0 Å². The molecule has 28 heavy (non-hydrogen) atoms. The minimum absolute atomic E-state index is 0.183. The van der Waals surface area contributed by atoms with E-state index >= 15 is 0 Å². The number of hydrogen-bond acceptors (Lipinski definition) is 3. The summed E-state index contributed by atoms with van der Waals surface area (Å²) >= 11 is 0. The van der Waals surface area contributed by atoms with E-state index in [1.165, 1.54) is 6.07 Å². The van der Waals surface area contributed by atoms with Gasteiger partial charge in [0, 0.05) is 42.7 Å². The molecule has 1 atom stereocenters. The number of imidazole rings is 1. The molecule has 146 valence electrons. The number of aryl methyl sites for hydroxylation is 1. The first-order valence-corrected chi connectivity index (χ1v) is 9.25. The minimum Gasteiger partial charge on any atom is -0.387 e. The highest BCUT2D eigenvalue weighted by Gasteiger charge is 2.17. The van der Waals surface area contributed by atoms with Crippen molar-refractivity contribution in [2.75, 3.05) is 6.54 Å². The van der Waals surface area contributed by atoms with Crippen LogP contribution in [0.5, 0.6) is 0 Å². The first-order chi connectivity index (χ1) is 13.6. The molecular formula is C21H23F2N5. The van der Waals surface area contributed by atoms with Gasteiger partial charge in [0.05, 0.1) is 12.2 Å². The van der Waals surface area contributed by atoms with Gasteiger partial charge in [-0.2, -0.15) is 0 Å². The smallest absolute Gasteiger partial charge is 0.159 e. The molecule has 7 heteroatoms. The molecule has 0 saturated heterocycles. The summed E-state index contributed by atoms with van der Waals surface area (Å²) in [5.41, 5.74) is 8.56. The third-order valence-corrected chi connectivity index (χ3v) is 4.56. The van der Waals surface area contributed by atoms with Gasteiger partial charge in [0.25, 0.3) is 0 Å². The lowest BCUT2D eigenvalue weighted by Crippen LogP contribution is -2.14. The summed E-state index contributed by atoms with van der Waals surface area (Å²) < 4.78 is 27.0. The summed E-state index contributed by atoms with van der Waals surface area (Å²) in [6, 6.07) is 9.54. The number of nitrogens with one attached hydrogen (secondary N) is 1. The maximum atomic E-state index is 13.7. The van der Waals surface area contributed by atoms with Crippen molar-refractivity contribution in [1.29, 1.82) is 0 Å². The predicted octanol–water partition coefficient (Wildman–Crippen LogP) is 3.99. The number of hydrogen-bond donors (Lipinski definition) is 2. The van der Waals surface area contributed by atoms with E-state index in [4.69, 9.17) is 5.73 Å². The second-order valence-corrected chi connectivity index (χ2v) is 6.57. The Labute approximate surface area is 162 Å². The van der Waals surface area contributed by atoms with Crippen LogP contribution in [0, 0.1) is 11.6 Å². The van der Waals surface area contributed by atoms with Crippen molar-refractivity contribution < 1.29 is 8.78 Å². The number of benzene rings is 1. The summed E-state index contributed by atoms with van der Waals surface area (Å²) in [7, 11) is 0. The summed E-state index contributed by atoms with van der Waals surface area (Å²) in [5.74, 6) is -1.31. The molecule has 0 aliphatic heterocycles. The maximum absolute atomic E-state index is 13.7. The molecular weight excluding hydrogens is 360 g/mol. The van der Waals surface area contributed by atoms with Gasteiger partial charge in [0.15, 0.2) is 11.6 Å². The molecule has 0 spiro atoms. The average molecular weight is 383 g/mol. The largest absolute Gasteiger partial charge is 0.387 e. The van der Waals surface area contributed by atoms with Crippen molar-refractivity contribution in [3.05, 3.63) is 83.7 Å². The summed E-state index contributed by atoms with van der Waals surface area (Å²) in [5, 5.41) is 0. The van der Waals surface area contributed by atoms with Gasteiger partial charge < -0.3 is 10.7 Å². The Hall–Kier alpha value is -3.09. The Kier molecular flexibility index (Phi) is 6.84. The highest BCUT2D eigenvalue weighted by Crippen LogP contribution is 2.27. The molecule has 0 fully saturated rings. The van der Waals surface area contributed by atoms with Gasteiger partial charge in [-0.05, 0) is 49.1 Å². The molecule has 1 aromatic carbocycles. The van der Waals surface area contributed by atoms with Crippen molar-refractivity contribution >= 4 is 5.84 Å². The van der Waals surface area contributed by atoms with Crippen molar-refractivity contribution in [2.24, 2.45) is 10.7 Å². The third kappa shape index (κ3) is 5.45. The molecule has 3 N–H and O–H groups in total. The number of pyridine rings is 1. The number of nitrogens with two attached hydrogens (primary N) is 1. The molecule has 5 nitrogen and oxygen atoms in total. The van der Waals surface area contributed by atoms with Crippen LogP contribution in [-0.4, -0.2) is 27.3 Å². The van der Waals surface area contributed by atoms with E-state index in [-0.39, 0.29) is 5.92 Å². The van der Waals surface area contributed by atoms with Crippen LogP contribution in [0.2, 0.25) is 0 Å². The summed E-state index contributed by atoms with van der Waals surface area (Å²) in [6.07, 6.45) is 8.18. The number of aromatic nitrogens is 3. The predicted molar refractivity (Wildman–Crippen MR) is 105 cm³/mol. The normalized spacial score (nSPS) is 12.9. The molecule has 2 aromatic heterocycles. The van der Waals surface area contributed by atoms with Crippen molar-refractivity contribution in [1.82, 2.24) is 15.0 Å². The van der Waals surface area contributed by atoms with E-state index in [2.05, 4.69) is 19.9 Å². The van der Waals surface area contributed by atoms with Crippen LogP contribution in [0.4, 0.5) is 8.78 Å². The third-order valence-electron chi connectivity index (χ3n) is 4.56. The van der Waals surface area contributed by atoms with Gasteiger partial charge in [-0.15, -0.1) is 0 Å². The molecule has 0 saturated carbocycles. The average Bonchev–Trinajstić information content (AvgIpc) is 3.22. The Balaban J connectivity index is 1.62. The van der Waals surface area contributed by atoms with E-state index in [9.17, 15) is 8.78 Å². The lowest BCUT2D eigenvalue weighted by molar-refractivity contribution is 0.505. The number of halogens is 2. The van der Waals surface area contributed by atoms with E-state index in [0.717, 1.165) is 30.3 Å². The molecule has 3 rings (SSSR count). The van der Waals surface area contributed by atoms with E-state index in [0.29, 0.717) is 30.8 Å². The van der Waals surface area contributed by atoms with Crippen molar-refractivity contribution in [2.45, 2.75) is 31.6 Å². The zero-order chi connectivity index (χ0) is 19.8. The van der Waals surface area contributed by atoms with Crippen LogP contribution in [0.3, 0.4) is 0 Å². The van der Waals surface area contributed by atoms with Crippen LogP contribution < -0.4 is 5.73 Å². The molecule has 0 unspecified atom stereocenters. The van der Waals surface area contributed by atoms with E-state index < -0.39 is 11.6 Å². The molecule has 0 aliphatic carbocycles. The summed E-state index contributed by atoms with van der Waals surface area (Å²) in [4.78, 5) is 15.9. The van der Waals surface area contributed by atoms with Gasteiger partial charge in [-0.3, -0.25) is 9.98 Å². The molecule has 3 aromatic rings. The molecule has 0 radical (unpaired) electrons. The number of nitrogens with zero attached hydrogens (tertiary/aromatic N) is 3. The standard InChI is InChI=1S/C21H23F2N5/c22-18-8-7-15(12-19(18)23)17(20-5-1-2-10-26-20)9-11-27-21(24)6-3-4-16-13-25-14-28-16/h1-2,5,7-8,10,12-14,17H,3-4,6,9,11H2,(H2,24,27)(H,25,28)/t17-/m0/s1. The first kappa shape index (κ1) is 19.7. The van der Waals surface area contributed by atoms with Crippen LogP contribution >= 0.6 is 0 Å². The van der Waals surface area contributed by atoms with Gasteiger partial charge >= 0.3 is 0 Å². The topological polar surface area (TPSA) is 80.0 Å². The lowest BCUT2D eigenvalue weighted by atomic mass is 9.92.